The topological polar surface area (TPSA) is 93.6 Å². The molecular weight excluding hydrogens is 449 g/mol. The van der Waals surface area contributed by atoms with Crippen LogP contribution in [0.5, 0.6) is 0 Å². The van der Waals surface area contributed by atoms with Gasteiger partial charge in [0.15, 0.2) is 5.82 Å². The van der Waals surface area contributed by atoms with Gasteiger partial charge in [-0.25, -0.2) is 32.9 Å². The first-order valence-electron chi connectivity index (χ1n) is 10.7. The van der Waals surface area contributed by atoms with Crippen molar-refractivity contribution in [2.75, 3.05) is 31.1 Å². The Hall–Kier alpha value is -3.96. The Morgan fingerprint density at radius 3 is 2.47 bits per heavy atom. The molecule has 2 aliphatic rings. The van der Waals surface area contributed by atoms with Gasteiger partial charge in [0.2, 0.25) is 5.95 Å². The van der Waals surface area contributed by atoms with E-state index in [0.29, 0.717) is 55.4 Å². The van der Waals surface area contributed by atoms with E-state index in [1.165, 1.54) is 23.3 Å². The van der Waals surface area contributed by atoms with Crippen LogP contribution < -0.4 is 4.90 Å². The third kappa shape index (κ3) is 4.06. The molecular formula is C22H21F3N8O. The lowest BCUT2D eigenvalue weighted by atomic mass is 10.0. The van der Waals surface area contributed by atoms with E-state index >= 15 is 0 Å². The normalized spacial score (nSPS) is 18.1. The van der Waals surface area contributed by atoms with E-state index in [4.69, 9.17) is 0 Å². The van der Waals surface area contributed by atoms with Crippen molar-refractivity contribution in [1.82, 2.24) is 30.1 Å². The SMILES string of the molecule is Cc1[nH]ncc1-c1nc(N2CCN(C(=O)N3N=CCC3c3cc(F)cc(F)c3)CC2)ncc1F. The molecule has 2 amide bonds. The number of nitrogens with one attached hydrogen (secondary N) is 1. The van der Waals surface area contributed by atoms with E-state index in [1.54, 1.807) is 18.0 Å². The minimum absolute atomic E-state index is 0.159. The number of H-pyrrole nitrogens is 1. The molecule has 2 aromatic heterocycles. The number of hydrogen-bond acceptors (Lipinski definition) is 6. The van der Waals surface area contributed by atoms with Crippen molar-refractivity contribution in [3.05, 3.63) is 59.3 Å². The summed E-state index contributed by atoms with van der Waals surface area (Å²) in [5.74, 6) is -1.59. The lowest BCUT2D eigenvalue weighted by Gasteiger charge is -2.37. The molecule has 0 spiro atoms. The maximum atomic E-state index is 14.3. The number of amides is 2. The van der Waals surface area contributed by atoms with Crippen molar-refractivity contribution < 1.29 is 18.0 Å². The van der Waals surface area contributed by atoms with Gasteiger partial charge < -0.3 is 9.80 Å². The smallest absolute Gasteiger partial charge is 0.337 e. The summed E-state index contributed by atoms with van der Waals surface area (Å²) in [5, 5.41) is 12.1. The zero-order chi connectivity index (χ0) is 23.8. The monoisotopic (exact) mass is 470 g/mol. The summed E-state index contributed by atoms with van der Waals surface area (Å²) >= 11 is 0. The number of benzene rings is 1. The summed E-state index contributed by atoms with van der Waals surface area (Å²) < 4.78 is 41.7. The van der Waals surface area contributed by atoms with Gasteiger partial charge in [0.05, 0.1) is 18.4 Å². The second kappa shape index (κ2) is 8.76. The fourth-order valence-electron chi connectivity index (χ4n) is 4.17. The summed E-state index contributed by atoms with van der Waals surface area (Å²) in [6.07, 6.45) is 4.57. The molecule has 12 heteroatoms. The number of urea groups is 1. The molecule has 2 aliphatic heterocycles. The summed E-state index contributed by atoms with van der Waals surface area (Å²) in [7, 11) is 0. The molecule has 34 heavy (non-hydrogen) atoms. The summed E-state index contributed by atoms with van der Waals surface area (Å²) in [4.78, 5) is 25.1. The zero-order valence-corrected chi connectivity index (χ0v) is 18.2. The number of aryl methyl sites for hydroxylation is 1. The van der Waals surface area contributed by atoms with Crippen molar-refractivity contribution in [2.24, 2.45) is 5.10 Å². The van der Waals surface area contributed by atoms with Crippen LogP contribution >= 0.6 is 0 Å². The van der Waals surface area contributed by atoms with Crippen molar-refractivity contribution in [1.29, 1.82) is 0 Å². The fraction of sp³-hybridized carbons (Fsp3) is 0.318. The third-order valence-corrected chi connectivity index (χ3v) is 5.95. The van der Waals surface area contributed by atoms with E-state index in [0.717, 1.165) is 12.3 Å². The molecule has 0 aliphatic carbocycles. The van der Waals surface area contributed by atoms with Gasteiger partial charge in [-0.3, -0.25) is 5.10 Å². The van der Waals surface area contributed by atoms with Gasteiger partial charge in [-0.05, 0) is 24.6 Å². The lowest BCUT2D eigenvalue weighted by molar-refractivity contribution is 0.139. The number of aromatic nitrogens is 4. The van der Waals surface area contributed by atoms with Gasteiger partial charge in [-0.2, -0.15) is 10.2 Å². The van der Waals surface area contributed by atoms with Gasteiger partial charge >= 0.3 is 6.03 Å². The minimum atomic E-state index is -0.702. The Bertz CT molecular complexity index is 1230. The molecule has 4 heterocycles. The first-order valence-corrected chi connectivity index (χ1v) is 10.7. The molecule has 1 unspecified atom stereocenters. The van der Waals surface area contributed by atoms with Crippen LogP contribution in [0.1, 0.15) is 23.7 Å². The fourth-order valence-corrected chi connectivity index (χ4v) is 4.17. The van der Waals surface area contributed by atoms with Crippen LogP contribution in [-0.2, 0) is 0 Å². The Balaban J connectivity index is 1.28. The predicted molar refractivity (Wildman–Crippen MR) is 118 cm³/mol. The van der Waals surface area contributed by atoms with Crippen molar-refractivity contribution in [3.63, 3.8) is 0 Å². The van der Waals surface area contributed by atoms with Crippen molar-refractivity contribution >= 4 is 18.2 Å². The lowest BCUT2D eigenvalue weighted by Crippen LogP contribution is -2.52. The molecule has 176 valence electrons. The summed E-state index contributed by atoms with van der Waals surface area (Å²) in [6.45, 7) is 3.35. The van der Waals surface area contributed by atoms with E-state index < -0.39 is 23.5 Å². The summed E-state index contributed by atoms with van der Waals surface area (Å²) in [5.41, 5.74) is 1.76. The van der Waals surface area contributed by atoms with E-state index in [2.05, 4.69) is 25.3 Å². The molecule has 1 saturated heterocycles. The highest BCUT2D eigenvalue weighted by molar-refractivity contribution is 5.78. The number of carbonyl (C=O) groups is 1. The Kier molecular flexibility index (Phi) is 5.64. The Morgan fingerprint density at radius 1 is 1.06 bits per heavy atom. The van der Waals surface area contributed by atoms with Crippen LogP contribution in [0.15, 0.2) is 35.7 Å². The molecule has 9 nitrogen and oxygen atoms in total. The molecule has 3 aromatic rings. The number of hydrogen-bond donors (Lipinski definition) is 1. The van der Waals surface area contributed by atoms with Crippen molar-refractivity contribution in [2.45, 2.75) is 19.4 Å². The number of anilines is 1. The molecule has 0 saturated carbocycles. The first-order chi connectivity index (χ1) is 16.4. The maximum absolute atomic E-state index is 14.3. The average Bonchev–Trinajstić information content (AvgIpc) is 3.48. The molecule has 0 bridgehead atoms. The molecule has 1 fully saturated rings. The van der Waals surface area contributed by atoms with E-state index in [-0.39, 0.29) is 11.7 Å². The second-order valence-corrected chi connectivity index (χ2v) is 8.13. The third-order valence-electron chi connectivity index (χ3n) is 5.95. The number of hydrazone groups is 1. The highest BCUT2D eigenvalue weighted by Crippen LogP contribution is 2.31. The van der Waals surface area contributed by atoms with Gasteiger partial charge in [-0.15, -0.1) is 0 Å². The van der Waals surface area contributed by atoms with Gasteiger partial charge in [-0.1, -0.05) is 0 Å². The quantitative estimate of drug-likeness (QED) is 0.634. The molecule has 1 aromatic carbocycles. The maximum Gasteiger partial charge on any atom is 0.341 e. The predicted octanol–water partition coefficient (Wildman–Crippen LogP) is 3.27. The van der Waals surface area contributed by atoms with Crippen LogP contribution in [0.25, 0.3) is 11.3 Å². The van der Waals surface area contributed by atoms with Crippen LogP contribution in [0.3, 0.4) is 0 Å². The number of carbonyl (C=O) groups excluding carboxylic acids is 1. The highest BCUT2D eigenvalue weighted by atomic mass is 19.1. The van der Waals surface area contributed by atoms with E-state index in [9.17, 15) is 18.0 Å². The van der Waals surface area contributed by atoms with E-state index in [1.807, 2.05) is 4.90 Å². The van der Waals surface area contributed by atoms with Crippen LogP contribution in [-0.4, -0.2) is 68.5 Å². The van der Waals surface area contributed by atoms with Crippen LogP contribution in [0.4, 0.5) is 23.9 Å². The number of rotatable bonds is 3. The first kappa shape index (κ1) is 21.9. The van der Waals surface area contributed by atoms with Gasteiger partial charge in [0.25, 0.3) is 0 Å². The van der Waals surface area contributed by atoms with Crippen LogP contribution in [0.2, 0.25) is 0 Å². The number of nitrogens with zero attached hydrogens (tertiary/aromatic N) is 7. The molecule has 0 radical (unpaired) electrons. The van der Waals surface area contributed by atoms with Crippen LogP contribution in [0, 0.1) is 24.4 Å². The standard InChI is InChI=1S/C22H21F3N8O/c1-13-17(11-27-30-13)20-18(25)12-26-21(29-20)31-4-6-32(7-5-31)22(34)33-19(2-3-28-33)14-8-15(23)10-16(24)9-14/h3,8-12,19H,2,4-7H2,1H3,(H,27,30). The van der Waals surface area contributed by atoms with Gasteiger partial charge in [0.1, 0.15) is 17.3 Å². The highest BCUT2D eigenvalue weighted by Gasteiger charge is 2.34. The largest absolute Gasteiger partial charge is 0.341 e. The molecule has 1 N–H and O–H groups in total. The average molecular weight is 470 g/mol. The number of piperazine rings is 1. The van der Waals surface area contributed by atoms with Crippen molar-refractivity contribution in [3.8, 4) is 11.3 Å². The number of halogens is 3. The minimum Gasteiger partial charge on any atom is -0.337 e. The number of aromatic amines is 1. The van der Waals surface area contributed by atoms with Gasteiger partial charge in [0, 0.05) is 56.1 Å². The Labute approximate surface area is 192 Å². The second-order valence-electron chi connectivity index (χ2n) is 8.13. The molecule has 5 rings (SSSR count). The molecule has 1 atom stereocenters. The summed E-state index contributed by atoms with van der Waals surface area (Å²) in [6, 6.07) is 2.30. The Morgan fingerprint density at radius 2 is 1.79 bits per heavy atom. The zero-order valence-electron chi connectivity index (χ0n) is 18.2.